The van der Waals surface area contributed by atoms with Gasteiger partial charge in [-0.05, 0) is 18.2 Å². The van der Waals surface area contributed by atoms with Crippen molar-refractivity contribution in [3.05, 3.63) is 42.1 Å². The van der Waals surface area contributed by atoms with Crippen LogP contribution in [0.3, 0.4) is 0 Å². The Labute approximate surface area is 115 Å². The standard InChI is InChI=1S/C11H12N6O.ClH/c12-9-4-5-15-17(9)8-3-1-2-7(6-8)10(18)16-11(13)14;/h1-6H,12H2,(H4,13,14,16,18);1H. The van der Waals surface area contributed by atoms with Gasteiger partial charge in [0.05, 0.1) is 11.9 Å². The second-order valence-electron chi connectivity index (χ2n) is 3.56. The summed E-state index contributed by atoms with van der Waals surface area (Å²) in [5, 5.41) is 4.04. The average Bonchev–Trinajstić information content (AvgIpc) is 2.75. The Morgan fingerprint density at radius 3 is 2.58 bits per heavy atom. The molecule has 0 bridgehead atoms. The van der Waals surface area contributed by atoms with Gasteiger partial charge < -0.3 is 17.2 Å². The van der Waals surface area contributed by atoms with Crippen LogP contribution in [-0.4, -0.2) is 21.6 Å². The van der Waals surface area contributed by atoms with Gasteiger partial charge in [-0.15, -0.1) is 12.4 Å². The van der Waals surface area contributed by atoms with Crippen molar-refractivity contribution in [2.75, 3.05) is 5.73 Å². The third-order valence-corrected chi connectivity index (χ3v) is 2.24. The van der Waals surface area contributed by atoms with Crippen LogP contribution in [0.2, 0.25) is 0 Å². The first-order valence-electron chi connectivity index (χ1n) is 5.12. The summed E-state index contributed by atoms with van der Waals surface area (Å²) in [6.45, 7) is 0. The highest BCUT2D eigenvalue weighted by atomic mass is 35.5. The molecule has 1 aromatic heterocycles. The van der Waals surface area contributed by atoms with Crippen LogP contribution in [-0.2, 0) is 0 Å². The van der Waals surface area contributed by atoms with Gasteiger partial charge in [-0.25, -0.2) is 4.68 Å². The van der Waals surface area contributed by atoms with Gasteiger partial charge in [-0.1, -0.05) is 6.07 Å². The molecule has 2 aromatic rings. The summed E-state index contributed by atoms with van der Waals surface area (Å²) in [5.41, 5.74) is 17.1. The molecule has 0 aliphatic heterocycles. The highest BCUT2D eigenvalue weighted by molar-refractivity contribution is 6.02. The van der Waals surface area contributed by atoms with E-state index < -0.39 is 5.91 Å². The molecule has 0 aliphatic carbocycles. The molecular weight excluding hydrogens is 268 g/mol. The number of halogens is 1. The lowest BCUT2D eigenvalue weighted by atomic mass is 10.2. The summed E-state index contributed by atoms with van der Waals surface area (Å²) in [6.07, 6.45) is 1.57. The van der Waals surface area contributed by atoms with Gasteiger partial charge >= 0.3 is 0 Å². The molecule has 0 fully saturated rings. The molecule has 100 valence electrons. The molecule has 19 heavy (non-hydrogen) atoms. The van der Waals surface area contributed by atoms with E-state index in [0.717, 1.165) is 0 Å². The number of carbonyl (C=O) groups is 1. The zero-order valence-electron chi connectivity index (χ0n) is 9.85. The van der Waals surface area contributed by atoms with Crippen molar-refractivity contribution in [2.24, 2.45) is 16.5 Å². The largest absolute Gasteiger partial charge is 0.384 e. The third kappa shape index (κ3) is 3.23. The van der Waals surface area contributed by atoms with E-state index in [4.69, 9.17) is 17.2 Å². The zero-order chi connectivity index (χ0) is 13.1. The van der Waals surface area contributed by atoms with E-state index in [0.29, 0.717) is 17.1 Å². The van der Waals surface area contributed by atoms with Crippen LogP contribution >= 0.6 is 12.4 Å². The molecule has 0 spiro atoms. The fourth-order valence-corrected chi connectivity index (χ4v) is 1.48. The van der Waals surface area contributed by atoms with Crippen molar-refractivity contribution >= 4 is 30.1 Å². The quantitative estimate of drug-likeness (QED) is 0.538. The van der Waals surface area contributed by atoms with Gasteiger partial charge in [0, 0.05) is 11.6 Å². The van der Waals surface area contributed by atoms with Crippen molar-refractivity contribution in [2.45, 2.75) is 0 Å². The minimum atomic E-state index is -0.512. The lowest BCUT2D eigenvalue weighted by Crippen LogP contribution is -2.24. The number of amides is 1. The summed E-state index contributed by atoms with van der Waals surface area (Å²) in [7, 11) is 0. The SMILES string of the molecule is Cl.NC(N)=NC(=O)c1cccc(-n2nccc2N)c1. The Hall–Kier alpha value is -2.54. The number of nitrogen functional groups attached to an aromatic ring is 1. The molecule has 1 amide bonds. The van der Waals surface area contributed by atoms with Gasteiger partial charge in [0.2, 0.25) is 0 Å². The first-order valence-corrected chi connectivity index (χ1v) is 5.12. The number of anilines is 1. The number of aliphatic imine (C=N–C) groups is 1. The number of hydrogen-bond donors (Lipinski definition) is 3. The van der Waals surface area contributed by atoms with Crippen LogP contribution < -0.4 is 17.2 Å². The van der Waals surface area contributed by atoms with Crippen molar-refractivity contribution in [1.82, 2.24) is 9.78 Å². The van der Waals surface area contributed by atoms with Gasteiger partial charge in [0.25, 0.3) is 5.91 Å². The van der Waals surface area contributed by atoms with Gasteiger partial charge in [-0.2, -0.15) is 10.1 Å². The highest BCUT2D eigenvalue weighted by Crippen LogP contribution is 2.14. The number of nitrogens with zero attached hydrogens (tertiary/aromatic N) is 3. The second kappa shape index (κ2) is 5.87. The second-order valence-corrected chi connectivity index (χ2v) is 3.56. The molecule has 0 atom stereocenters. The lowest BCUT2D eigenvalue weighted by Gasteiger charge is -2.05. The van der Waals surface area contributed by atoms with E-state index in [1.165, 1.54) is 4.68 Å². The van der Waals surface area contributed by atoms with Gasteiger partial charge in [0.1, 0.15) is 5.82 Å². The van der Waals surface area contributed by atoms with E-state index in [2.05, 4.69) is 10.1 Å². The summed E-state index contributed by atoms with van der Waals surface area (Å²) < 4.78 is 1.51. The Morgan fingerprint density at radius 1 is 1.26 bits per heavy atom. The maximum atomic E-state index is 11.7. The molecular formula is C11H13ClN6O. The smallest absolute Gasteiger partial charge is 0.280 e. The summed E-state index contributed by atoms with van der Waals surface area (Å²) >= 11 is 0. The predicted octanol–water partition coefficient (Wildman–Crippen LogP) is 0.290. The maximum Gasteiger partial charge on any atom is 0.280 e. The number of rotatable bonds is 2. The van der Waals surface area contributed by atoms with E-state index in [-0.39, 0.29) is 18.4 Å². The molecule has 0 unspecified atom stereocenters. The molecule has 0 saturated heterocycles. The van der Waals surface area contributed by atoms with Crippen molar-refractivity contribution in [3.8, 4) is 5.69 Å². The molecule has 1 heterocycles. The Morgan fingerprint density at radius 2 is 2.00 bits per heavy atom. The monoisotopic (exact) mass is 280 g/mol. The van der Waals surface area contributed by atoms with Crippen LogP contribution in [0.4, 0.5) is 5.82 Å². The molecule has 1 aromatic carbocycles. The van der Waals surface area contributed by atoms with E-state index in [1.807, 2.05) is 0 Å². The molecule has 2 rings (SSSR count). The molecule has 8 heteroatoms. The van der Waals surface area contributed by atoms with Crippen LogP contribution in [0.25, 0.3) is 5.69 Å². The van der Waals surface area contributed by atoms with E-state index in [9.17, 15) is 4.79 Å². The lowest BCUT2D eigenvalue weighted by molar-refractivity contribution is 0.100. The molecule has 6 N–H and O–H groups in total. The topological polar surface area (TPSA) is 125 Å². The minimum Gasteiger partial charge on any atom is -0.384 e. The van der Waals surface area contributed by atoms with E-state index in [1.54, 1.807) is 36.5 Å². The first kappa shape index (κ1) is 14.5. The van der Waals surface area contributed by atoms with Crippen molar-refractivity contribution < 1.29 is 4.79 Å². The summed E-state index contributed by atoms with van der Waals surface area (Å²) in [5.74, 6) is -0.312. The van der Waals surface area contributed by atoms with Crippen LogP contribution in [0.5, 0.6) is 0 Å². The fourth-order valence-electron chi connectivity index (χ4n) is 1.48. The normalized spacial score (nSPS) is 9.47. The number of benzene rings is 1. The van der Waals surface area contributed by atoms with E-state index >= 15 is 0 Å². The number of carbonyl (C=O) groups excluding carboxylic acids is 1. The number of nitrogens with two attached hydrogens (primary N) is 3. The van der Waals surface area contributed by atoms with Gasteiger partial charge in [-0.3, -0.25) is 4.79 Å². The van der Waals surface area contributed by atoms with Crippen LogP contribution in [0.15, 0.2) is 41.5 Å². The number of hydrogen-bond acceptors (Lipinski definition) is 3. The van der Waals surface area contributed by atoms with Crippen LogP contribution in [0, 0.1) is 0 Å². The van der Waals surface area contributed by atoms with Crippen molar-refractivity contribution in [3.63, 3.8) is 0 Å². The maximum absolute atomic E-state index is 11.7. The first-order chi connectivity index (χ1) is 8.58. The average molecular weight is 281 g/mol. The predicted molar refractivity (Wildman–Crippen MR) is 75.4 cm³/mol. The third-order valence-electron chi connectivity index (χ3n) is 2.24. The Balaban J connectivity index is 0.00000180. The summed E-state index contributed by atoms with van der Waals surface area (Å²) in [6, 6.07) is 8.35. The zero-order valence-corrected chi connectivity index (χ0v) is 10.7. The number of guanidine groups is 1. The Bertz CT molecular complexity index is 617. The minimum absolute atomic E-state index is 0. The molecule has 7 nitrogen and oxygen atoms in total. The molecule has 0 radical (unpaired) electrons. The Kier molecular flexibility index (Phi) is 4.49. The molecule has 0 saturated carbocycles. The summed E-state index contributed by atoms with van der Waals surface area (Å²) in [4.78, 5) is 15.1. The highest BCUT2D eigenvalue weighted by Gasteiger charge is 2.07. The van der Waals surface area contributed by atoms with Crippen molar-refractivity contribution in [1.29, 1.82) is 0 Å². The fraction of sp³-hybridized carbons (Fsp3) is 0. The molecule has 0 aliphatic rings. The van der Waals surface area contributed by atoms with Crippen LogP contribution in [0.1, 0.15) is 10.4 Å². The van der Waals surface area contributed by atoms with Gasteiger partial charge in [0.15, 0.2) is 5.96 Å². The number of aromatic nitrogens is 2.